The molecule has 0 atom stereocenters. The molecule has 1 aromatic carbocycles. The fourth-order valence-corrected chi connectivity index (χ4v) is 2.12. The van der Waals surface area contributed by atoms with Crippen LogP contribution in [0, 0.1) is 0 Å². The molecule has 2 N–H and O–H groups in total. The molecule has 0 aliphatic carbocycles. The zero-order chi connectivity index (χ0) is 11.0. The molecule has 78 valence electrons. The van der Waals surface area contributed by atoms with E-state index in [0.29, 0.717) is 5.13 Å². The van der Waals surface area contributed by atoms with Gasteiger partial charge in [0.1, 0.15) is 0 Å². The van der Waals surface area contributed by atoms with Crippen LogP contribution in [0.25, 0.3) is 22.3 Å². The summed E-state index contributed by atoms with van der Waals surface area (Å²) in [6.45, 7) is 0. The maximum absolute atomic E-state index is 5.61. The Morgan fingerprint density at radius 3 is 2.62 bits per heavy atom. The first kappa shape index (κ1) is 9.23. The van der Waals surface area contributed by atoms with E-state index in [9.17, 15) is 0 Å². The summed E-state index contributed by atoms with van der Waals surface area (Å²) in [5.41, 5.74) is 9.26. The highest BCUT2D eigenvalue weighted by atomic mass is 32.1. The third-order valence-electron chi connectivity index (χ3n) is 2.29. The Hall–Kier alpha value is -2.01. The van der Waals surface area contributed by atoms with Gasteiger partial charge in [-0.3, -0.25) is 9.97 Å². The van der Waals surface area contributed by atoms with Gasteiger partial charge in [-0.25, -0.2) is 4.98 Å². The summed E-state index contributed by atoms with van der Waals surface area (Å²) in [5, 5.41) is 2.52. The number of rotatable bonds is 1. The second-order valence-corrected chi connectivity index (χ2v) is 4.22. The summed E-state index contributed by atoms with van der Waals surface area (Å²) in [6, 6.07) is 5.88. The molecule has 5 heteroatoms. The molecule has 0 fully saturated rings. The van der Waals surface area contributed by atoms with Crippen LogP contribution in [0.5, 0.6) is 0 Å². The third-order valence-corrected chi connectivity index (χ3v) is 2.96. The molecule has 0 saturated heterocycles. The van der Waals surface area contributed by atoms with Crippen LogP contribution in [0.1, 0.15) is 0 Å². The molecule has 3 aromatic rings. The third kappa shape index (κ3) is 1.51. The molecule has 4 nitrogen and oxygen atoms in total. The first-order chi connectivity index (χ1) is 7.83. The molecule has 2 aromatic heterocycles. The van der Waals surface area contributed by atoms with E-state index in [0.717, 1.165) is 22.3 Å². The smallest absolute Gasteiger partial charge is 0.180 e. The Balaban J connectivity index is 2.18. The minimum Gasteiger partial charge on any atom is -0.375 e. The van der Waals surface area contributed by atoms with Gasteiger partial charge < -0.3 is 5.73 Å². The number of nitrogens with zero attached hydrogens (tertiary/aromatic N) is 3. The number of hydrogen-bond acceptors (Lipinski definition) is 5. The van der Waals surface area contributed by atoms with Crippen LogP contribution in [0.2, 0.25) is 0 Å². The van der Waals surface area contributed by atoms with Gasteiger partial charge in [-0.15, -0.1) is 11.3 Å². The van der Waals surface area contributed by atoms with Crippen molar-refractivity contribution in [3.63, 3.8) is 0 Å². The topological polar surface area (TPSA) is 64.7 Å². The van der Waals surface area contributed by atoms with E-state index in [1.807, 2.05) is 23.6 Å². The maximum Gasteiger partial charge on any atom is 0.180 e. The van der Waals surface area contributed by atoms with Crippen molar-refractivity contribution in [2.45, 2.75) is 0 Å². The fourth-order valence-electron chi connectivity index (χ4n) is 1.54. The van der Waals surface area contributed by atoms with Gasteiger partial charge in [0.25, 0.3) is 0 Å². The Morgan fingerprint density at radius 1 is 1.06 bits per heavy atom. The lowest BCUT2D eigenvalue weighted by atomic mass is 10.1. The highest BCUT2D eigenvalue weighted by molar-refractivity contribution is 7.13. The van der Waals surface area contributed by atoms with Crippen LogP contribution in [0.15, 0.2) is 36.0 Å². The van der Waals surface area contributed by atoms with Gasteiger partial charge in [0, 0.05) is 23.3 Å². The molecule has 0 amide bonds. The molecule has 0 bridgehead atoms. The van der Waals surface area contributed by atoms with Gasteiger partial charge in [0.15, 0.2) is 5.13 Å². The number of nitrogens with two attached hydrogens (primary N) is 1. The summed E-state index contributed by atoms with van der Waals surface area (Å²) >= 11 is 1.44. The number of hydrogen-bond donors (Lipinski definition) is 1. The van der Waals surface area contributed by atoms with Crippen LogP contribution >= 0.6 is 11.3 Å². The summed E-state index contributed by atoms with van der Waals surface area (Å²) in [5.74, 6) is 0. The van der Waals surface area contributed by atoms with Gasteiger partial charge in [0.05, 0.1) is 16.7 Å². The lowest BCUT2D eigenvalue weighted by Crippen LogP contribution is -1.85. The minimum atomic E-state index is 0.578. The summed E-state index contributed by atoms with van der Waals surface area (Å²) in [6.07, 6.45) is 3.37. The van der Waals surface area contributed by atoms with Gasteiger partial charge >= 0.3 is 0 Å². The van der Waals surface area contributed by atoms with Gasteiger partial charge in [-0.2, -0.15) is 0 Å². The van der Waals surface area contributed by atoms with Crippen molar-refractivity contribution in [1.29, 1.82) is 0 Å². The number of nitrogen functional groups attached to an aromatic ring is 1. The van der Waals surface area contributed by atoms with E-state index >= 15 is 0 Å². The molecule has 0 unspecified atom stereocenters. The quantitative estimate of drug-likeness (QED) is 0.694. The van der Waals surface area contributed by atoms with Crippen LogP contribution in [0.3, 0.4) is 0 Å². The predicted molar refractivity (Wildman–Crippen MR) is 65.1 cm³/mol. The van der Waals surface area contributed by atoms with E-state index in [4.69, 9.17) is 5.73 Å². The Kier molecular flexibility index (Phi) is 2.04. The monoisotopic (exact) mass is 228 g/mol. The molecule has 0 aliphatic rings. The highest BCUT2D eigenvalue weighted by Gasteiger charge is 2.04. The molecule has 0 aliphatic heterocycles. The molecule has 0 saturated carbocycles. The van der Waals surface area contributed by atoms with Crippen LogP contribution in [-0.2, 0) is 0 Å². The first-order valence-electron chi connectivity index (χ1n) is 4.75. The fraction of sp³-hybridized carbons (Fsp3) is 0. The predicted octanol–water partition coefficient (Wildman–Crippen LogP) is 2.34. The Bertz CT molecular complexity index is 647. The summed E-state index contributed by atoms with van der Waals surface area (Å²) < 4.78 is 0. The lowest BCUT2D eigenvalue weighted by Gasteiger charge is -1.98. The molecule has 3 rings (SSSR count). The molecular weight excluding hydrogens is 220 g/mol. The van der Waals surface area contributed by atoms with E-state index in [2.05, 4.69) is 15.0 Å². The Labute approximate surface area is 95.8 Å². The largest absolute Gasteiger partial charge is 0.375 e. The molecule has 0 radical (unpaired) electrons. The SMILES string of the molecule is Nc1nc(-c2ccc3nccnc3c2)cs1. The van der Waals surface area contributed by atoms with Crippen molar-refractivity contribution >= 4 is 27.5 Å². The van der Waals surface area contributed by atoms with Crippen LogP contribution in [0.4, 0.5) is 5.13 Å². The molecule has 0 spiro atoms. The van der Waals surface area contributed by atoms with E-state index in [-0.39, 0.29) is 0 Å². The first-order valence-corrected chi connectivity index (χ1v) is 5.63. The van der Waals surface area contributed by atoms with Crippen molar-refractivity contribution in [3.8, 4) is 11.3 Å². The molecule has 2 heterocycles. The minimum absolute atomic E-state index is 0.578. The van der Waals surface area contributed by atoms with Crippen molar-refractivity contribution in [3.05, 3.63) is 36.0 Å². The number of aromatic nitrogens is 3. The summed E-state index contributed by atoms with van der Waals surface area (Å²) in [7, 11) is 0. The average Bonchev–Trinajstić information content (AvgIpc) is 2.75. The highest BCUT2D eigenvalue weighted by Crippen LogP contribution is 2.24. The van der Waals surface area contributed by atoms with Gasteiger partial charge in [-0.1, -0.05) is 6.07 Å². The molecular formula is C11H8N4S. The average molecular weight is 228 g/mol. The zero-order valence-electron chi connectivity index (χ0n) is 8.29. The number of anilines is 1. The van der Waals surface area contributed by atoms with Crippen molar-refractivity contribution in [2.75, 3.05) is 5.73 Å². The van der Waals surface area contributed by atoms with Crippen molar-refractivity contribution < 1.29 is 0 Å². The van der Waals surface area contributed by atoms with Crippen LogP contribution in [-0.4, -0.2) is 15.0 Å². The maximum atomic E-state index is 5.61. The van der Waals surface area contributed by atoms with Crippen molar-refractivity contribution in [1.82, 2.24) is 15.0 Å². The van der Waals surface area contributed by atoms with Crippen molar-refractivity contribution in [2.24, 2.45) is 0 Å². The number of benzene rings is 1. The van der Waals surface area contributed by atoms with E-state index in [1.165, 1.54) is 11.3 Å². The number of fused-ring (bicyclic) bond motifs is 1. The summed E-state index contributed by atoms with van der Waals surface area (Å²) in [4.78, 5) is 12.7. The standard InChI is InChI=1S/C11H8N4S/c12-11-15-10(6-16-11)7-1-2-8-9(5-7)14-4-3-13-8/h1-6H,(H2,12,15). The second-order valence-electron chi connectivity index (χ2n) is 3.33. The second kappa shape index (κ2) is 3.53. The number of thiazole rings is 1. The molecule has 16 heavy (non-hydrogen) atoms. The normalized spacial score (nSPS) is 10.8. The lowest BCUT2D eigenvalue weighted by molar-refractivity contribution is 1.29. The van der Waals surface area contributed by atoms with Crippen LogP contribution < -0.4 is 5.73 Å². The Morgan fingerprint density at radius 2 is 1.88 bits per heavy atom. The van der Waals surface area contributed by atoms with E-state index < -0.39 is 0 Å². The van der Waals surface area contributed by atoms with Gasteiger partial charge in [-0.05, 0) is 12.1 Å². The van der Waals surface area contributed by atoms with E-state index in [1.54, 1.807) is 12.4 Å². The van der Waals surface area contributed by atoms with Gasteiger partial charge in [0.2, 0.25) is 0 Å². The zero-order valence-corrected chi connectivity index (χ0v) is 9.11.